The molecule has 5 heteroatoms. The number of hydrogen-bond donors (Lipinski definition) is 1. The molecular weight excluding hydrogens is 214 g/mol. The Hall–Kier alpha value is -0.290. The Morgan fingerprint density at radius 1 is 1.43 bits per heavy atom. The second-order valence-electron chi connectivity index (χ2n) is 3.99. The van der Waals surface area contributed by atoms with Gasteiger partial charge in [-0.15, -0.1) is 0 Å². The number of rotatable bonds is 2. The van der Waals surface area contributed by atoms with Crippen molar-refractivity contribution < 1.29 is 0 Å². The highest BCUT2D eigenvalue weighted by Crippen LogP contribution is 2.43. The van der Waals surface area contributed by atoms with Crippen molar-refractivity contribution >= 4 is 24.0 Å². The molecule has 14 heavy (non-hydrogen) atoms. The predicted octanol–water partition coefficient (Wildman–Crippen LogP) is 2.84. The Morgan fingerprint density at radius 2 is 2.29 bits per heavy atom. The Morgan fingerprint density at radius 3 is 2.93 bits per heavy atom. The van der Waals surface area contributed by atoms with Gasteiger partial charge in [0, 0.05) is 6.04 Å². The molecule has 0 amide bonds. The lowest BCUT2D eigenvalue weighted by Crippen LogP contribution is -2.03. The average molecular weight is 227 g/mol. The van der Waals surface area contributed by atoms with E-state index in [0.717, 1.165) is 4.77 Å². The van der Waals surface area contributed by atoms with Crippen LogP contribution in [0.3, 0.4) is 0 Å². The fourth-order valence-electron chi connectivity index (χ4n) is 2.01. The third kappa shape index (κ3) is 1.42. The number of nitrogens with zero attached hydrogens (tertiary/aromatic N) is 2. The molecule has 0 bridgehead atoms. The van der Waals surface area contributed by atoms with E-state index in [-0.39, 0.29) is 0 Å². The highest BCUT2D eigenvalue weighted by atomic mass is 32.2. The topological polar surface area (TPSA) is 33.6 Å². The molecule has 2 aliphatic rings. The lowest BCUT2D eigenvalue weighted by Gasteiger charge is -2.09. The van der Waals surface area contributed by atoms with Gasteiger partial charge in [0.25, 0.3) is 0 Å². The first-order valence-electron chi connectivity index (χ1n) is 5.14. The minimum Gasteiger partial charge on any atom is -0.300 e. The third-order valence-electron chi connectivity index (χ3n) is 2.86. The maximum absolute atomic E-state index is 5.26. The Labute approximate surface area is 92.3 Å². The molecule has 1 aliphatic heterocycles. The Kier molecular flexibility index (Phi) is 2.17. The Bertz CT molecular complexity index is 385. The molecule has 2 heterocycles. The first kappa shape index (κ1) is 8.97. The van der Waals surface area contributed by atoms with Crippen molar-refractivity contribution in [3.8, 4) is 0 Å². The first-order chi connectivity index (χ1) is 6.86. The van der Waals surface area contributed by atoms with Gasteiger partial charge in [0.15, 0.2) is 4.77 Å². The molecule has 76 valence electrons. The summed E-state index contributed by atoms with van der Waals surface area (Å²) >= 11 is 7.28. The summed E-state index contributed by atoms with van der Waals surface area (Å²) in [6, 6.07) is 0.650. The van der Waals surface area contributed by atoms with E-state index in [9.17, 15) is 0 Å². The zero-order chi connectivity index (χ0) is 9.54. The highest BCUT2D eigenvalue weighted by Gasteiger charge is 2.31. The van der Waals surface area contributed by atoms with E-state index in [2.05, 4.69) is 14.8 Å². The van der Waals surface area contributed by atoms with Gasteiger partial charge in [0.1, 0.15) is 5.82 Å². The van der Waals surface area contributed by atoms with Gasteiger partial charge >= 0.3 is 0 Å². The van der Waals surface area contributed by atoms with Crippen LogP contribution in [0.25, 0.3) is 0 Å². The van der Waals surface area contributed by atoms with Gasteiger partial charge in [-0.05, 0) is 43.7 Å². The fraction of sp³-hybridized carbons (Fsp3) is 0.778. The maximum atomic E-state index is 5.26. The first-order valence-corrected chi connectivity index (χ1v) is 6.60. The predicted molar refractivity (Wildman–Crippen MR) is 60.1 cm³/mol. The number of hydrogen-bond acceptors (Lipinski definition) is 3. The van der Waals surface area contributed by atoms with Crippen molar-refractivity contribution in [2.45, 2.75) is 37.0 Å². The lowest BCUT2D eigenvalue weighted by atomic mass is 10.2. The summed E-state index contributed by atoms with van der Waals surface area (Å²) < 4.78 is 3.06. The zero-order valence-electron chi connectivity index (χ0n) is 7.90. The van der Waals surface area contributed by atoms with E-state index in [4.69, 9.17) is 12.2 Å². The normalized spacial score (nSPS) is 27.0. The molecule has 1 atom stereocenters. The van der Waals surface area contributed by atoms with Crippen LogP contribution in [0.1, 0.15) is 42.8 Å². The van der Waals surface area contributed by atoms with Gasteiger partial charge < -0.3 is 4.57 Å². The monoisotopic (exact) mass is 227 g/mol. The quantitative estimate of drug-likeness (QED) is 0.789. The van der Waals surface area contributed by atoms with E-state index in [1.165, 1.54) is 37.3 Å². The van der Waals surface area contributed by atoms with Crippen molar-refractivity contribution in [1.29, 1.82) is 0 Å². The Balaban J connectivity index is 1.99. The van der Waals surface area contributed by atoms with Crippen molar-refractivity contribution in [2.24, 2.45) is 0 Å². The van der Waals surface area contributed by atoms with E-state index >= 15 is 0 Å². The van der Waals surface area contributed by atoms with Crippen molar-refractivity contribution in [2.75, 3.05) is 5.75 Å². The van der Waals surface area contributed by atoms with Gasteiger partial charge in [-0.25, -0.2) is 0 Å². The van der Waals surface area contributed by atoms with E-state index in [0.29, 0.717) is 11.3 Å². The smallest absolute Gasteiger partial charge is 0.195 e. The van der Waals surface area contributed by atoms with Crippen molar-refractivity contribution in [3.05, 3.63) is 10.6 Å². The van der Waals surface area contributed by atoms with E-state index in [1.54, 1.807) is 0 Å². The summed E-state index contributed by atoms with van der Waals surface area (Å²) in [5, 5.41) is 7.91. The standard InChI is InChI=1S/C9H13N3S2/c13-9-11-10-8(7-2-1-5-14-7)12(9)6-3-4-6/h6-7H,1-5H2,(H,11,13). The number of H-pyrrole nitrogens is 1. The molecule has 0 spiro atoms. The molecule has 2 fully saturated rings. The SMILES string of the molecule is S=c1[nH]nc(C2CCCS2)n1C1CC1. The van der Waals surface area contributed by atoms with Crippen LogP contribution in [-0.2, 0) is 0 Å². The van der Waals surface area contributed by atoms with Gasteiger partial charge in [0.2, 0.25) is 0 Å². The highest BCUT2D eigenvalue weighted by molar-refractivity contribution is 7.99. The largest absolute Gasteiger partial charge is 0.300 e. The summed E-state index contributed by atoms with van der Waals surface area (Å²) in [6.45, 7) is 0. The number of nitrogens with one attached hydrogen (secondary N) is 1. The summed E-state index contributed by atoms with van der Waals surface area (Å²) in [4.78, 5) is 0. The minimum absolute atomic E-state index is 0.587. The van der Waals surface area contributed by atoms with Crippen LogP contribution in [0.4, 0.5) is 0 Å². The summed E-state index contributed by atoms with van der Waals surface area (Å²) in [7, 11) is 0. The van der Waals surface area contributed by atoms with E-state index in [1.807, 2.05) is 11.8 Å². The minimum atomic E-state index is 0.587. The molecule has 1 saturated carbocycles. The molecule has 1 N–H and O–H groups in total. The number of thioether (sulfide) groups is 1. The lowest BCUT2D eigenvalue weighted by molar-refractivity contribution is 0.650. The molecule has 1 aliphatic carbocycles. The van der Waals surface area contributed by atoms with E-state index < -0.39 is 0 Å². The van der Waals surface area contributed by atoms with Crippen LogP contribution in [0.2, 0.25) is 0 Å². The van der Waals surface area contributed by atoms with Gasteiger partial charge in [-0.2, -0.15) is 16.9 Å². The van der Waals surface area contributed by atoms with Crippen LogP contribution < -0.4 is 0 Å². The molecule has 3 nitrogen and oxygen atoms in total. The van der Waals surface area contributed by atoms with Crippen LogP contribution in [0.5, 0.6) is 0 Å². The average Bonchev–Trinajstić information content (AvgIpc) is 2.75. The molecule has 1 saturated heterocycles. The van der Waals surface area contributed by atoms with Crippen LogP contribution in [0, 0.1) is 4.77 Å². The molecular formula is C9H13N3S2. The van der Waals surface area contributed by atoms with Crippen LogP contribution in [-0.4, -0.2) is 20.5 Å². The second-order valence-corrected chi connectivity index (χ2v) is 5.69. The molecule has 3 rings (SSSR count). The summed E-state index contributed by atoms with van der Waals surface area (Å²) in [5.74, 6) is 2.47. The fourth-order valence-corrected chi connectivity index (χ4v) is 3.57. The van der Waals surface area contributed by atoms with Gasteiger partial charge in [-0.3, -0.25) is 5.10 Å². The molecule has 0 aromatic carbocycles. The van der Waals surface area contributed by atoms with Crippen molar-refractivity contribution in [1.82, 2.24) is 14.8 Å². The molecule has 0 radical (unpaired) electrons. The van der Waals surface area contributed by atoms with Crippen LogP contribution >= 0.6 is 24.0 Å². The second kappa shape index (κ2) is 3.38. The maximum Gasteiger partial charge on any atom is 0.195 e. The molecule has 1 aromatic heterocycles. The summed E-state index contributed by atoms with van der Waals surface area (Å²) in [6.07, 6.45) is 5.13. The third-order valence-corrected chi connectivity index (χ3v) is 4.52. The van der Waals surface area contributed by atoms with Crippen molar-refractivity contribution in [3.63, 3.8) is 0 Å². The van der Waals surface area contributed by atoms with Gasteiger partial charge in [0.05, 0.1) is 5.25 Å². The van der Waals surface area contributed by atoms with Crippen LogP contribution in [0.15, 0.2) is 0 Å². The summed E-state index contributed by atoms with van der Waals surface area (Å²) in [5.41, 5.74) is 0. The number of aromatic nitrogens is 3. The molecule has 1 unspecified atom stereocenters. The zero-order valence-corrected chi connectivity index (χ0v) is 9.53. The van der Waals surface area contributed by atoms with Gasteiger partial charge in [-0.1, -0.05) is 0 Å². The number of aromatic amines is 1. The molecule has 1 aromatic rings.